The maximum atomic E-state index is 6.12. The van der Waals surface area contributed by atoms with Crippen LogP contribution in [0.3, 0.4) is 0 Å². The quantitative estimate of drug-likeness (QED) is 0.183. The highest BCUT2D eigenvalue weighted by Crippen LogP contribution is 2.36. The van der Waals surface area contributed by atoms with Crippen molar-refractivity contribution in [2.45, 2.75) is 44.2 Å². The van der Waals surface area contributed by atoms with Gasteiger partial charge in [0.05, 0.1) is 11.2 Å². The SMILES string of the molecule is Cl.Cl.NN[C@@H]1CCCC[C@@H]1c1nc(C=Cc2ccc(Cl)cc2)nc2ccc(OCc3ccccc3)cc12. The van der Waals surface area contributed by atoms with E-state index in [2.05, 4.69) is 23.6 Å². The molecule has 1 aliphatic carbocycles. The smallest absolute Gasteiger partial charge is 0.152 e. The Morgan fingerprint density at radius 1 is 0.919 bits per heavy atom. The minimum absolute atomic E-state index is 0. The number of nitrogens with zero attached hydrogens (tertiary/aromatic N) is 2. The third kappa shape index (κ3) is 7.22. The Labute approximate surface area is 235 Å². The molecule has 3 aromatic carbocycles. The van der Waals surface area contributed by atoms with Crippen molar-refractivity contribution in [3.05, 3.63) is 100 Å². The summed E-state index contributed by atoms with van der Waals surface area (Å²) < 4.78 is 6.12. The van der Waals surface area contributed by atoms with Crippen molar-refractivity contribution in [1.29, 1.82) is 0 Å². The molecule has 0 bridgehead atoms. The molecule has 37 heavy (non-hydrogen) atoms. The second kappa shape index (κ2) is 13.8. The Morgan fingerprint density at radius 2 is 1.68 bits per heavy atom. The van der Waals surface area contributed by atoms with E-state index in [0.29, 0.717) is 17.5 Å². The molecule has 0 aliphatic heterocycles. The average Bonchev–Trinajstić information content (AvgIpc) is 2.91. The van der Waals surface area contributed by atoms with Crippen LogP contribution >= 0.6 is 36.4 Å². The van der Waals surface area contributed by atoms with Gasteiger partial charge in [-0.1, -0.05) is 73.0 Å². The molecule has 4 aromatic rings. The summed E-state index contributed by atoms with van der Waals surface area (Å²) in [6.07, 6.45) is 8.37. The normalized spacial score (nSPS) is 17.2. The maximum absolute atomic E-state index is 6.12. The first-order chi connectivity index (χ1) is 17.2. The zero-order chi connectivity index (χ0) is 24.0. The van der Waals surface area contributed by atoms with Crippen LogP contribution in [0.1, 0.15) is 54.2 Å². The fourth-order valence-electron chi connectivity index (χ4n) is 4.74. The van der Waals surface area contributed by atoms with E-state index < -0.39 is 0 Å². The van der Waals surface area contributed by atoms with E-state index in [4.69, 9.17) is 32.1 Å². The van der Waals surface area contributed by atoms with Gasteiger partial charge < -0.3 is 4.74 Å². The molecule has 0 spiro atoms. The zero-order valence-electron chi connectivity index (χ0n) is 20.3. The van der Waals surface area contributed by atoms with E-state index >= 15 is 0 Å². The highest BCUT2D eigenvalue weighted by atomic mass is 35.5. The molecule has 2 atom stereocenters. The Hall–Kier alpha value is -2.67. The van der Waals surface area contributed by atoms with Crippen molar-refractivity contribution >= 4 is 59.5 Å². The largest absolute Gasteiger partial charge is 0.489 e. The molecule has 1 fully saturated rings. The fraction of sp³-hybridized carbons (Fsp3) is 0.241. The number of hydrazine groups is 1. The monoisotopic (exact) mass is 556 g/mol. The minimum atomic E-state index is 0. The van der Waals surface area contributed by atoms with Crippen LogP contribution in [0.15, 0.2) is 72.8 Å². The van der Waals surface area contributed by atoms with Crippen LogP contribution in [0, 0.1) is 0 Å². The van der Waals surface area contributed by atoms with Crippen LogP contribution in [0.4, 0.5) is 0 Å². The van der Waals surface area contributed by atoms with Gasteiger partial charge >= 0.3 is 0 Å². The number of rotatable bonds is 7. The molecule has 3 N–H and O–H groups in total. The van der Waals surface area contributed by atoms with Crippen LogP contribution in [0.25, 0.3) is 23.1 Å². The summed E-state index contributed by atoms with van der Waals surface area (Å²) in [5.41, 5.74) is 7.14. The molecule has 0 saturated heterocycles. The molecule has 0 unspecified atom stereocenters. The van der Waals surface area contributed by atoms with Crippen molar-refractivity contribution in [2.24, 2.45) is 5.84 Å². The number of ether oxygens (including phenoxy) is 1. The van der Waals surface area contributed by atoms with E-state index in [0.717, 1.165) is 52.7 Å². The lowest BCUT2D eigenvalue weighted by Crippen LogP contribution is -2.41. The number of fused-ring (bicyclic) bond motifs is 1. The summed E-state index contributed by atoms with van der Waals surface area (Å²) in [5, 5.41) is 1.74. The zero-order valence-corrected chi connectivity index (χ0v) is 22.7. The van der Waals surface area contributed by atoms with Gasteiger partial charge in [-0.05, 0) is 60.4 Å². The number of nitrogens with two attached hydrogens (primary N) is 1. The summed E-state index contributed by atoms with van der Waals surface area (Å²) in [6, 6.07) is 24.2. The third-order valence-electron chi connectivity index (χ3n) is 6.59. The predicted octanol–water partition coefficient (Wildman–Crippen LogP) is 7.37. The van der Waals surface area contributed by atoms with E-state index in [1.165, 1.54) is 6.42 Å². The number of halogens is 3. The summed E-state index contributed by atoms with van der Waals surface area (Å²) in [7, 11) is 0. The molecule has 1 saturated carbocycles. The predicted molar refractivity (Wildman–Crippen MR) is 158 cm³/mol. The van der Waals surface area contributed by atoms with Crippen molar-refractivity contribution in [2.75, 3.05) is 0 Å². The second-order valence-electron chi connectivity index (χ2n) is 8.97. The van der Waals surface area contributed by atoms with E-state index in [1.807, 2.05) is 66.7 Å². The lowest BCUT2D eigenvalue weighted by Gasteiger charge is -2.31. The van der Waals surface area contributed by atoms with E-state index in [9.17, 15) is 0 Å². The van der Waals surface area contributed by atoms with Crippen LogP contribution in [-0.2, 0) is 6.61 Å². The van der Waals surface area contributed by atoms with Crippen molar-refractivity contribution < 1.29 is 4.74 Å². The number of hydrogen-bond donors (Lipinski definition) is 2. The van der Waals surface area contributed by atoms with E-state index in [1.54, 1.807) is 0 Å². The fourth-order valence-corrected chi connectivity index (χ4v) is 4.87. The second-order valence-corrected chi connectivity index (χ2v) is 9.41. The van der Waals surface area contributed by atoms with Gasteiger partial charge in [0.15, 0.2) is 5.82 Å². The summed E-state index contributed by atoms with van der Waals surface area (Å²) >= 11 is 6.02. The Balaban J connectivity index is 0.00000190. The van der Waals surface area contributed by atoms with Gasteiger partial charge in [0.1, 0.15) is 12.4 Å². The number of nitrogens with one attached hydrogen (secondary N) is 1. The molecule has 8 heteroatoms. The molecule has 194 valence electrons. The highest BCUT2D eigenvalue weighted by Gasteiger charge is 2.29. The molecule has 5 nitrogen and oxygen atoms in total. The lowest BCUT2D eigenvalue weighted by molar-refractivity contribution is 0.306. The standard InChI is InChI=1S/C29H29ClN4O.2ClH/c30-22-13-10-20(11-14-22)12-17-28-32-26-16-15-23(35-19-21-6-2-1-3-7-21)18-25(26)29(33-28)24-8-4-5-9-27(24)34-31;;/h1-3,6-7,10-18,24,27,34H,4-5,8-9,19,31H2;2*1H/t24-,27+;;/m0../s1. The van der Waals surface area contributed by atoms with Gasteiger partial charge in [-0.3, -0.25) is 11.3 Å². The molecule has 1 heterocycles. The number of aromatic nitrogens is 2. The van der Waals surface area contributed by atoms with Gasteiger partial charge in [0, 0.05) is 22.4 Å². The summed E-state index contributed by atoms with van der Waals surface area (Å²) in [6.45, 7) is 0.515. The Bertz CT molecular complexity index is 1320. The van der Waals surface area contributed by atoms with Crippen molar-refractivity contribution in [3.8, 4) is 5.75 Å². The molecular weight excluding hydrogens is 527 g/mol. The van der Waals surface area contributed by atoms with Crippen molar-refractivity contribution in [1.82, 2.24) is 15.4 Å². The van der Waals surface area contributed by atoms with Crippen LogP contribution in [0.5, 0.6) is 5.75 Å². The minimum Gasteiger partial charge on any atom is -0.489 e. The van der Waals surface area contributed by atoms with Crippen LogP contribution < -0.4 is 16.0 Å². The van der Waals surface area contributed by atoms with Gasteiger partial charge in [-0.15, -0.1) is 24.8 Å². The molecule has 1 aliphatic rings. The molecule has 0 radical (unpaired) electrons. The van der Waals surface area contributed by atoms with Crippen LogP contribution in [-0.4, -0.2) is 16.0 Å². The maximum Gasteiger partial charge on any atom is 0.152 e. The van der Waals surface area contributed by atoms with Gasteiger partial charge in [0.25, 0.3) is 0 Å². The first-order valence-corrected chi connectivity index (χ1v) is 12.5. The lowest BCUT2D eigenvalue weighted by atomic mass is 9.81. The van der Waals surface area contributed by atoms with Gasteiger partial charge in [-0.25, -0.2) is 9.97 Å². The third-order valence-corrected chi connectivity index (χ3v) is 6.84. The van der Waals surface area contributed by atoms with Crippen molar-refractivity contribution in [3.63, 3.8) is 0 Å². The first kappa shape index (κ1) is 28.9. The molecule has 5 rings (SSSR count). The topological polar surface area (TPSA) is 73.1 Å². The van der Waals surface area contributed by atoms with Crippen LogP contribution in [0.2, 0.25) is 5.02 Å². The highest BCUT2D eigenvalue weighted by molar-refractivity contribution is 6.30. The Morgan fingerprint density at radius 3 is 2.43 bits per heavy atom. The molecule has 0 amide bonds. The molecule has 1 aromatic heterocycles. The number of hydrogen-bond acceptors (Lipinski definition) is 5. The average molecular weight is 558 g/mol. The summed E-state index contributed by atoms with van der Waals surface area (Å²) in [5.74, 6) is 7.66. The molecular formula is C29H31Cl3N4O. The van der Waals surface area contributed by atoms with Gasteiger partial charge in [-0.2, -0.15) is 0 Å². The first-order valence-electron chi connectivity index (χ1n) is 12.1. The van der Waals surface area contributed by atoms with E-state index in [-0.39, 0.29) is 36.8 Å². The number of benzene rings is 3. The Kier molecular flexibility index (Phi) is 10.7. The van der Waals surface area contributed by atoms with Gasteiger partial charge in [0.2, 0.25) is 0 Å². The summed E-state index contributed by atoms with van der Waals surface area (Å²) in [4.78, 5) is 9.88.